The number of carbonyl (C=O) groups excluding carboxylic acids is 4. The van der Waals surface area contributed by atoms with Crippen molar-refractivity contribution >= 4 is 37.2 Å². The van der Waals surface area contributed by atoms with E-state index in [1.54, 1.807) is 30.4 Å². The summed E-state index contributed by atoms with van der Waals surface area (Å²) in [6.07, 6.45) is 7.56. The Hall–Kier alpha value is -3.68. The second-order valence-corrected chi connectivity index (χ2v) is 7.12. The van der Waals surface area contributed by atoms with Gasteiger partial charge in [0.25, 0.3) is 11.8 Å². The molecule has 2 aliphatic rings. The van der Waals surface area contributed by atoms with Crippen molar-refractivity contribution < 1.29 is 19.2 Å². The van der Waals surface area contributed by atoms with Gasteiger partial charge in [0.2, 0.25) is 11.8 Å². The van der Waals surface area contributed by atoms with E-state index in [4.69, 9.17) is 7.85 Å². The minimum Gasteiger partial charge on any atom is -0.380 e. The predicted octanol–water partition coefficient (Wildman–Crippen LogP) is 2.31. The average Bonchev–Trinajstić information content (AvgIpc) is 3.02. The van der Waals surface area contributed by atoms with Crippen molar-refractivity contribution in [3.63, 3.8) is 0 Å². The van der Waals surface area contributed by atoms with E-state index in [2.05, 4.69) is 23.8 Å². The van der Waals surface area contributed by atoms with Gasteiger partial charge in [0.1, 0.15) is 6.04 Å². The van der Waals surface area contributed by atoms with Crippen molar-refractivity contribution in [2.75, 3.05) is 11.9 Å². The summed E-state index contributed by atoms with van der Waals surface area (Å²) >= 11 is 0. The molecule has 156 valence electrons. The number of carbonyl (C=O) groups is 4. The van der Waals surface area contributed by atoms with Gasteiger partial charge in [0.05, 0.1) is 19.0 Å². The molecule has 8 heteroatoms. The third-order valence-electron chi connectivity index (χ3n) is 5.22. The number of imide groups is 2. The fourth-order valence-corrected chi connectivity index (χ4v) is 3.49. The Morgan fingerprint density at radius 3 is 2.48 bits per heavy atom. The lowest BCUT2D eigenvalue weighted by atomic mass is 9.96. The van der Waals surface area contributed by atoms with Crippen LogP contribution in [-0.2, 0) is 9.59 Å². The molecule has 0 bridgehead atoms. The van der Waals surface area contributed by atoms with Crippen LogP contribution in [0.25, 0.3) is 0 Å². The molecule has 2 aliphatic heterocycles. The summed E-state index contributed by atoms with van der Waals surface area (Å²) in [5.41, 5.74) is 2.61. The molecular formula is C23H22BN3O4. The van der Waals surface area contributed by atoms with Crippen LogP contribution in [0.4, 0.5) is 5.69 Å². The van der Waals surface area contributed by atoms with Gasteiger partial charge in [-0.05, 0) is 24.1 Å². The molecule has 1 fully saturated rings. The van der Waals surface area contributed by atoms with Gasteiger partial charge >= 0.3 is 0 Å². The van der Waals surface area contributed by atoms with Gasteiger partial charge < -0.3 is 5.32 Å². The molecule has 7 nitrogen and oxygen atoms in total. The van der Waals surface area contributed by atoms with E-state index < -0.39 is 29.7 Å². The molecule has 4 amide bonds. The van der Waals surface area contributed by atoms with Crippen molar-refractivity contribution in [3.05, 3.63) is 77.9 Å². The monoisotopic (exact) mass is 415 g/mol. The number of allylic oxidation sites excluding steroid dienone is 4. The maximum absolute atomic E-state index is 13.1. The quantitative estimate of drug-likeness (QED) is 0.386. The Morgan fingerprint density at radius 2 is 1.84 bits per heavy atom. The van der Waals surface area contributed by atoms with E-state index in [1.165, 1.54) is 0 Å². The first-order valence-electron chi connectivity index (χ1n) is 9.84. The Kier molecular flexibility index (Phi) is 6.69. The number of anilines is 1. The lowest BCUT2D eigenvalue weighted by molar-refractivity contribution is -0.136. The summed E-state index contributed by atoms with van der Waals surface area (Å²) in [5.74, 6) is -2.15. The number of amides is 4. The highest BCUT2D eigenvalue weighted by Gasteiger charge is 2.45. The number of hydrogen-bond acceptors (Lipinski definition) is 5. The van der Waals surface area contributed by atoms with E-state index in [0.29, 0.717) is 18.6 Å². The molecule has 0 spiro atoms. The van der Waals surface area contributed by atoms with Crippen molar-refractivity contribution in [1.82, 2.24) is 10.2 Å². The molecule has 2 radical (unpaired) electrons. The first-order chi connectivity index (χ1) is 14.9. The molecule has 1 aromatic rings. The summed E-state index contributed by atoms with van der Waals surface area (Å²) in [5, 5.41) is 5.36. The molecule has 1 unspecified atom stereocenters. The minimum atomic E-state index is -1.000. The Labute approximate surface area is 182 Å². The van der Waals surface area contributed by atoms with E-state index in [-0.39, 0.29) is 24.0 Å². The molecule has 0 aromatic heterocycles. The van der Waals surface area contributed by atoms with Crippen molar-refractivity contribution in [2.45, 2.75) is 25.2 Å². The van der Waals surface area contributed by atoms with Gasteiger partial charge in [0.15, 0.2) is 0 Å². The van der Waals surface area contributed by atoms with Crippen LogP contribution >= 0.6 is 0 Å². The third kappa shape index (κ3) is 4.43. The van der Waals surface area contributed by atoms with E-state index in [1.807, 2.05) is 12.2 Å². The highest BCUT2D eigenvalue weighted by atomic mass is 16.2. The highest BCUT2D eigenvalue weighted by Crippen LogP contribution is 2.32. The summed E-state index contributed by atoms with van der Waals surface area (Å²) in [6.45, 7) is 7.85. The number of rotatable bonds is 8. The smallest absolute Gasteiger partial charge is 0.264 e. The molecule has 3 rings (SSSR count). The van der Waals surface area contributed by atoms with Gasteiger partial charge in [0, 0.05) is 18.7 Å². The largest absolute Gasteiger partial charge is 0.380 e. The van der Waals surface area contributed by atoms with Crippen LogP contribution in [-0.4, -0.2) is 49.0 Å². The summed E-state index contributed by atoms with van der Waals surface area (Å²) in [7, 11) is 5.63. The van der Waals surface area contributed by atoms with Gasteiger partial charge in [-0.1, -0.05) is 55.4 Å². The first kappa shape index (κ1) is 22.0. The predicted molar refractivity (Wildman–Crippen MR) is 119 cm³/mol. The van der Waals surface area contributed by atoms with Crippen LogP contribution < -0.4 is 10.6 Å². The van der Waals surface area contributed by atoms with E-state index in [0.717, 1.165) is 16.0 Å². The summed E-state index contributed by atoms with van der Waals surface area (Å²) in [4.78, 5) is 50.6. The number of fused-ring (bicyclic) bond motifs is 1. The third-order valence-corrected chi connectivity index (χ3v) is 5.22. The standard InChI is InChI=1S/C23H22BN3O4/c1-3-14(12-24)8-9-15(4-2)13-25-17-7-5-6-16-20(17)23(31)27(22(16)30)18-10-11-19(28)26-21(18)29/h3-9,18,25H,1-2,10-13H2,(H,26,28,29)/b14-8+,15-9+. The van der Waals surface area contributed by atoms with Crippen LogP contribution in [0.1, 0.15) is 33.6 Å². The maximum atomic E-state index is 13.1. The Balaban J connectivity index is 1.83. The van der Waals surface area contributed by atoms with Crippen LogP contribution in [0.2, 0.25) is 6.32 Å². The minimum absolute atomic E-state index is 0.0748. The van der Waals surface area contributed by atoms with Crippen molar-refractivity contribution in [2.24, 2.45) is 0 Å². The zero-order valence-corrected chi connectivity index (χ0v) is 17.0. The van der Waals surface area contributed by atoms with E-state index in [9.17, 15) is 19.2 Å². The lowest BCUT2D eigenvalue weighted by Gasteiger charge is -2.27. The zero-order valence-electron chi connectivity index (χ0n) is 17.0. The maximum Gasteiger partial charge on any atom is 0.264 e. The fraction of sp³-hybridized carbons (Fsp3) is 0.217. The summed E-state index contributed by atoms with van der Waals surface area (Å²) in [6, 6.07) is 3.92. The normalized spacial score (nSPS) is 19.2. The van der Waals surface area contributed by atoms with Crippen LogP contribution in [0.15, 0.2) is 66.8 Å². The Morgan fingerprint density at radius 1 is 1.13 bits per heavy atom. The van der Waals surface area contributed by atoms with Crippen LogP contribution in [0.3, 0.4) is 0 Å². The molecule has 2 heterocycles. The van der Waals surface area contributed by atoms with Gasteiger partial charge in [-0.2, -0.15) is 0 Å². The van der Waals surface area contributed by atoms with Crippen molar-refractivity contribution in [3.8, 4) is 0 Å². The topological polar surface area (TPSA) is 95.6 Å². The second-order valence-electron chi connectivity index (χ2n) is 7.12. The van der Waals surface area contributed by atoms with Crippen LogP contribution in [0, 0.1) is 0 Å². The highest BCUT2D eigenvalue weighted by molar-refractivity contribution is 6.25. The molecule has 31 heavy (non-hydrogen) atoms. The average molecular weight is 415 g/mol. The number of piperidine rings is 1. The molecule has 1 saturated heterocycles. The number of benzene rings is 1. The van der Waals surface area contributed by atoms with Crippen molar-refractivity contribution in [1.29, 1.82) is 0 Å². The number of nitrogens with one attached hydrogen (secondary N) is 2. The zero-order chi connectivity index (χ0) is 22.5. The van der Waals surface area contributed by atoms with Crippen LogP contribution in [0.5, 0.6) is 0 Å². The second kappa shape index (κ2) is 9.42. The fourth-order valence-electron chi connectivity index (χ4n) is 3.49. The first-order valence-corrected chi connectivity index (χ1v) is 9.84. The van der Waals surface area contributed by atoms with E-state index >= 15 is 0 Å². The lowest BCUT2D eigenvalue weighted by Crippen LogP contribution is -2.54. The molecule has 1 aromatic carbocycles. The Bertz CT molecular complexity index is 1040. The molecule has 0 saturated carbocycles. The summed E-state index contributed by atoms with van der Waals surface area (Å²) < 4.78 is 0. The molecule has 0 aliphatic carbocycles. The van der Waals surface area contributed by atoms with Gasteiger partial charge in [-0.3, -0.25) is 29.4 Å². The number of nitrogens with zero attached hydrogens (tertiary/aromatic N) is 1. The SMILES string of the molecule is [B]C/C(C=C)=C/C=C(\C=C)CNc1cccc2c1C(=O)N(C1CCC(=O)NC1=O)C2=O. The number of hydrogen-bond donors (Lipinski definition) is 2. The van der Waals surface area contributed by atoms with Gasteiger partial charge in [-0.25, -0.2) is 0 Å². The van der Waals surface area contributed by atoms with Gasteiger partial charge in [-0.15, -0.1) is 0 Å². The molecule has 2 N–H and O–H groups in total. The molecule has 1 atom stereocenters. The molecular weight excluding hydrogens is 393 g/mol.